The Balaban J connectivity index is 1.77. The summed E-state index contributed by atoms with van der Waals surface area (Å²) in [5.74, 6) is -0.128. The Hall–Kier alpha value is -3.49. The average Bonchev–Trinajstić information content (AvgIpc) is 3.35. The Bertz CT molecular complexity index is 1230. The van der Waals surface area contributed by atoms with Gasteiger partial charge in [-0.15, -0.1) is 0 Å². The molecule has 0 atom stereocenters. The number of hydrogen-bond acceptors (Lipinski definition) is 6. The predicted molar refractivity (Wildman–Crippen MR) is 107 cm³/mol. The van der Waals surface area contributed by atoms with Crippen molar-refractivity contribution in [3.8, 4) is 11.3 Å². The van der Waals surface area contributed by atoms with Crippen molar-refractivity contribution in [3.05, 3.63) is 46.7 Å². The van der Waals surface area contributed by atoms with Gasteiger partial charge in [-0.2, -0.15) is 10.2 Å². The first-order valence-corrected chi connectivity index (χ1v) is 9.26. The third-order valence-corrected chi connectivity index (χ3v) is 5.25. The van der Waals surface area contributed by atoms with E-state index in [0.717, 1.165) is 22.5 Å². The molecule has 0 aliphatic rings. The zero-order valence-corrected chi connectivity index (χ0v) is 17.4. The number of carbonyl (C=O) groups is 1. The third-order valence-electron chi connectivity index (χ3n) is 5.25. The maximum atomic E-state index is 13.4. The summed E-state index contributed by atoms with van der Waals surface area (Å²) in [6.45, 7) is 6.23. The van der Waals surface area contributed by atoms with Gasteiger partial charge in [0.25, 0.3) is 11.6 Å². The molecule has 0 fully saturated rings. The van der Waals surface area contributed by atoms with Gasteiger partial charge in [0, 0.05) is 50.7 Å². The molecule has 0 spiro atoms. The van der Waals surface area contributed by atoms with E-state index in [1.54, 1.807) is 28.9 Å². The van der Waals surface area contributed by atoms with Crippen LogP contribution >= 0.6 is 0 Å². The maximum absolute atomic E-state index is 13.4. The van der Waals surface area contributed by atoms with E-state index in [0.29, 0.717) is 34.6 Å². The summed E-state index contributed by atoms with van der Waals surface area (Å²) in [5.41, 5.74) is 5.91. The number of aromatic nitrogens is 6. The van der Waals surface area contributed by atoms with Gasteiger partial charge in [-0.05, 0) is 26.8 Å². The first-order chi connectivity index (χ1) is 13.8. The Kier molecular flexibility index (Phi) is 4.45. The Morgan fingerprint density at radius 3 is 2.59 bits per heavy atom. The molecule has 9 nitrogen and oxygen atoms in total. The molecule has 0 saturated carbocycles. The number of amides is 1. The number of carbonyl (C=O) groups excluding carboxylic acids is 1. The molecule has 29 heavy (non-hydrogen) atoms. The summed E-state index contributed by atoms with van der Waals surface area (Å²) in [6.07, 6.45) is 3.55. The zero-order valence-electron chi connectivity index (χ0n) is 17.4. The van der Waals surface area contributed by atoms with Gasteiger partial charge in [0.05, 0.1) is 34.2 Å². The lowest BCUT2D eigenvalue weighted by Crippen LogP contribution is -2.27. The van der Waals surface area contributed by atoms with Crippen LogP contribution < -0.4 is 0 Å². The molecule has 9 heteroatoms. The third kappa shape index (κ3) is 3.18. The van der Waals surface area contributed by atoms with Crippen molar-refractivity contribution in [1.82, 2.24) is 34.6 Å². The second-order valence-electron chi connectivity index (χ2n) is 7.34. The van der Waals surface area contributed by atoms with E-state index < -0.39 is 0 Å². The lowest BCUT2D eigenvalue weighted by atomic mass is 10.1. The molecule has 0 N–H and O–H groups in total. The van der Waals surface area contributed by atoms with Crippen LogP contribution in [0.5, 0.6) is 0 Å². The molecular weight excluding hydrogens is 370 g/mol. The zero-order chi connectivity index (χ0) is 20.9. The van der Waals surface area contributed by atoms with Crippen LogP contribution in [0.2, 0.25) is 0 Å². The fourth-order valence-corrected chi connectivity index (χ4v) is 3.53. The highest BCUT2D eigenvalue weighted by Gasteiger charge is 2.23. The molecule has 1 amide bonds. The molecule has 150 valence electrons. The number of nitrogens with zero attached hydrogens (tertiary/aromatic N) is 7. The Morgan fingerprint density at radius 1 is 1.21 bits per heavy atom. The SMILES string of the molecule is Cc1nn(C)c(C)c1CN(C)C(=O)c1cc(-c2cnn(C)c2)nc2onc(C)c12. The fraction of sp³-hybridized carbons (Fsp3) is 0.350. The van der Waals surface area contributed by atoms with Crippen LogP contribution in [-0.4, -0.2) is 47.6 Å². The van der Waals surface area contributed by atoms with E-state index in [1.807, 2.05) is 45.7 Å². The normalized spacial score (nSPS) is 11.4. The lowest BCUT2D eigenvalue weighted by Gasteiger charge is -2.18. The lowest BCUT2D eigenvalue weighted by molar-refractivity contribution is 0.0786. The molecule has 0 saturated heterocycles. The molecule has 0 aliphatic carbocycles. The summed E-state index contributed by atoms with van der Waals surface area (Å²) >= 11 is 0. The van der Waals surface area contributed by atoms with Crippen molar-refractivity contribution >= 4 is 17.0 Å². The largest absolute Gasteiger partial charge is 0.337 e. The highest BCUT2D eigenvalue weighted by Crippen LogP contribution is 2.28. The molecule has 4 aromatic rings. The minimum Gasteiger partial charge on any atom is -0.337 e. The summed E-state index contributed by atoms with van der Waals surface area (Å²) in [4.78, 5) is 19.6. The van der Waals surface area contributed by atoms with Crippen LogP contribution in [0.4, 0.5) is 0 Å². The van der Waals surface area contributed by atoms with Crippen LogP contribution in [0, 0.1) is 20.8 Å². The Morgan fingerprint density at radius 2 is 1.97 bits per heavy atom. The number of aryl methyl sites for hydroxylation is 4. The maximum Gasteiger partial charge on any atom is 0.259 e. The van der Waals surface area contributed by atoms with Gasteiger partial charge < -0.3 is 9.42 Å². The summed E-state index contributed by atoms with van der Waals surface area (Å²) < 4.78 is 8.90. The highest BCUT2D eigenvalue weighted by atomic mass is 16.5. The number of fused-ring (bicyclic) bond motifs is 1. The molecule has 4 aromatic heterocycles. The smallest absolute Gasteiger partial charge is 0.259 e. The van der Waals surface area contributed by atoms with Gasteiger partial charge in [0.1, 0.15) is 0 Å². The van der Waals surface area contributed by atoms with E-state index in [2.05, 4.69) is 20.3 Å². The molecular formula is C20H23N7O2. The fourth-order valence-electron chi connectivity index (χ4n) is 3.53. The molecule has 0 radical (unpaired) electrons. The predicted octanol–water partition coefficient (Wildman–Crippen LogP) is 2.55. The van der Waals surface area contributed by atoms with Crippen LogP contribution in [0.3, 0.4) is 0 Å². The topological polar surface area (TPSA) is 94.9 Å². The summed E-state index contributed by atoms with van der Waals surface area (Å²) in [7, 11) is 5.52. The van der Waals surface area contributed by atoms with Gasteiger partial charge in [0.2, 0.25) is 0 Å². The summed E-state index contributed by atoms with van der Waals surface area (Å²) in [5, 5.41) is 13.3. The molecule has 4 heterocycles. The van der Waals surface area contributed by atoms with Gasteiger partial charge >= 0.3 is 0 Å². The Labute approximate surface area is 167 Å². The standard InChI is InChI=1S/C20H23N7O2/c1-11-16(13(3)27(6)23-11)10-25(4)20(28)15-7-17(14-8-21-26(5)9-14)22-19-18(15)12(2)24-29-19/h7-9H,10H2,1-6H3. The second kappa shape index (κ2) is 6.84. The van der Waals surface area contributed by atoms with Crippen molar-refractivity contribution in [2.24, 2.45) is 14.1 Å². The first-order valence-electron chi connectivity index (χ1n) is 9.26. The number of hydrogen-bond donors (Lipinski definition) is 0. The molecule has 0 unspecified atom stereocenters. The van der Waals surface area contributed by atoms with Crippen LogP contribution in [0.15, 0.2) is 23.0 Å². The monoisotopic (exact) mass is 393 g/mol. The number of rotatable bonds is 4. The van der Waals surface area contributed by atoms with Crippen molar-refractivity contribution in [3.63, 3.8) is 0 Å². The highest BCUT2D eigenvalue weighted by molar-refractivity contribution is 6.06. The molecule has 4 rings (SSSR count). The quantitative estimate of drug-likeness (QED) is 0.529. The van der Waals surface area contributed by atoms with Crippen LogP contribution in [0.25, 0.3) is 22.4 Å². The van der Waals surface area contributed by atoms with E-state index in [-0.39, 0.29) is 5.91 Å². The van der Waals surface area contributed by atoms with Gasteiger partial charge in [-0.25, -0.2) is 4.98 Å². The van der Waals surface area contributed by atoms with Crippen molar-refractivity contribution < 1.29 is 9.32 Å². The van der Waals surface area contributed by atoms with E-state index in [4.69, 9.17) is 4.52 Å². The van der Waals surface area contributed by atoms with Crippen molar-refractivity contribution in [1.29, 1.82) is 0 Å². The van der Waals surface area contributed by atoms with E-state index in [9.17, 15) is 4.79 Å². The van der Waals surface area contributed by atoms with Gasteiger partial charge in [-0.3, -0.25) is 14.2 Å². The van der Waals surface area contributed by atoms with E-state index in [1.165, 1.54) is 0 Å². The number of pyridine rings is 1. The first kappa shape index (κ1) is 18.9. The molecule has 0 aliphatic heterocycles. The van der Waals surface area contributed by atoms with Crippen LogP contribution in [-0.2, 0) is 20.6 Å². The molecule has 0 bridgehead atoms. The van der Waals surface area contributed by atoms with Gasteiger partial charge in [-0.1, -0.05) is 5.16 Å². The average molecular weight is 393 g/mol. The van der Waals surface area contributed by atoms with Gasteiger partial charge in [0.15, 0.2) is 0 Å². The minimum atomic E-state index is -0.128. The summed E-state index contributed by atoms with van der Waals surface area (Å²) in [6, 6.07) is 1.78. The van der Waals surface area contributed by atoms with E-state index >= 15 is 0 Å². The second-order valence-corrected chi connectivity index (χ2v) is 7.34. The minimum absolute atomic E-state index is 0.128. The van der Waals surface area contributed by atoms with Crippen LogP contribution in [0.1, 0.15) is 33.0 Å². The molecule has 0 aromatic carbocycles. The van der Waals surface area contributed by atoms with Crippen molar-refractivity contribution in [2.75, 3.05) is 7.05 Å². The van der Waals surface area contributed by atoms with Crippen molar-refractivity contribution in [2.45, 2.75) is 27.3 Å².